The van der Waals surface area contributed by atoms with Gasteiger partial charge in [0.15, 0.2) is 0 Å². The van der Waals surface area contributed by atoms with E-state index >= 15 is 0 Å². The first kappa shape index (κ1) is 23.7. The molecule has 0 unspecified atom stereocenters. The van der Waals surface area contributed by atoms with Crippen molar-refractivity contribution in [3.63, 3.8) is 0 Å². The predicted molar refractivity (Wildman–Crippen MR) is 133 cm³/mol. The van der Waals surface area contributed by atoms with Gasteiger partial charge in [0.25, 0.3) is 0 Å². The van der Waals surface area contributed by atoms with Crippen LogP contribution in [0.15, 0.2) is 48.6 Å². The third-order valence-electron chi connectivity index (χ3n) is 5.17. The van der Waals surface area contributed by atoms with Crippen molar-refractivity contribution in [2.45, 2.75) is 25.7 Å². The van der Waals surface area contributed by atoms with Crippen LogP contribution in [-0.4, -0.2) is 26.2 Å². The van der Waals surface area contributed by atoms with Crippen LogP contribution in [0.3, 0.4) is 0 Å². The topological polar surface area (TPSA) is 24.1 Å². The molecule has 2 aliphatic heterocycles. The molecule has 0 saturated heterocycles. The lowest BCUT2D eigenvalue weighted by atomic mass is 10.0. The van der Waals surface area contributed by atoms with Crippen LogP contribution in [0.4, 0.5) is 0 Å². The maximum atomic E-state index is 6.19. The summed E-state index contributed by atoms with van der Waals surface area (Å²) >= 11 is 24.4. The number of halogens is 4. The van der Waals surface area contributed by atoms with Crippen molar-refractivity contribution < 1.29 is 0 Å². The summed E-state index contributed by atoms with van der Waals surface area (Å²) in [6.07, 6.45) is 8.72. The van der Waals surface area contributed by atoms with Gasteiger partial charge < -0.3 is 10.6 Å². The highest BCUT2D eigenvalue weighted by atomic mass is 35.5. The highest BCUT2D eigenvalue weighted by molar-refractivity contribution is 6.43. The molecule has 2 aromatic rings. The highest BCUT2D eigenvalue weighted by Crippen LogP contribution is 2.33. The quantitative estimate of drug-likeness (QED) is 0.461. The Morgan fingerprint density at radius 2 is 1.27 bits per heavy atom. The second-order valence-electron chi connectivity index (χ2n) is 7.26. The molecule has 2 heterocycles. The first-order chi connectivity index (χ1) is 14.6. The van der Waals surface area contributed by atoms with Crippen LogP contribution in [0.5, 0.6) is 0 Å². The minimum absolute atomic E-state index is 0.632. The summed E-state index contributed by atoms with van der Waals surface area (Å²) in [5.74, 6) is 0. The summed E-state index contributed by atoms with van der Waals surface area (Å²) in [6.45, 7) is 4.03. The number of hydrogen-bond acceptors (Lipinski definition) is 2. The van der Waals surface area contributed by atoms with Crippen LogP contribution >= 0.6 is 46.4 Å². The van der Waals surface area contributed by atoms with E-state index in [4.69, 9.17) is 46.4 Å². The number of rotatable bonds is 2. The molecule has 0 radical (unpaired) electrons. The van der Waals surface area contributed by atoms with Gasteiger partial charge in [-0.3, -0.25) is 0 Å². The van der Waals surface area contributed by atoms with E-state index in [2.05, 4.69) is 22.8 Å². The first-order valence-electron chi connectivity index (χ1n) is 10.3. The number of benzene rings is 2. The van der Waals surface area contributed by atoms with Crippen LogP contribution in [-0.2, 0) is 0 Å². The smallest absolute Gasteiger partial charge is 0.0667 e. The molecule has 0 atom stereocenters. The van der Waals surface area contributed by atoms with Crippen molar-refractivity contribution in [1.82, 2.24) is 10.6 Å². The lowest BCUT2D eigenvalue weighted by Crippen LogP contribution is -2.13. The van der Waals surface area contributed by atoms with Gasteiger partial charge in [0.1, 0.15) is 0 Å². The van der Waals surface area contributed by atoms with E-state index in [1.165, 1.54) is 11.1 Å². The molecule has 2 aromatic carbocycles. The van der Waals surface area contributed by atoms with E-state index in [0.29, 0.717) is 20.1 Å². The highest BCUT2D eigenvalue weighted by Gasteiger charge is 2.11. The lowest BCUT2D eigenvalue weighted by molar-refractivity contribution is 0.718. The molecule has 4 rings (SSSR count). The monoisotopic (exact) mass is 482 g/mol. The number of nitrogens with one attached hydrogen (secondary N) is 2. The molecule has 2 nitrogen and oxygen atoms in total. The molecule has 2 aliphatic rings. The largest absolute Gasteiger partial charge is 0.316 e. The Morgan fingerprint density at radius 1 is 0.633 bits per heavy atom. The van der Waals surface area contributed by atoms with Crippen molar-refractivity contribution in [3.8, 4) is 0 Å². The van der Waals surface area contributed by atoms with E-state index in [1.807, 2.05) is 36.4 Å². The zero-order chi connectivity index (χ0) is 21.3. The third kappa shape index (κ3) is 6.50. The van der Waals surface area contributed by atoms with Crippen molar-refractivity contribution in [1.29, 1.82) is 0 Å². The SMILES string of the molecule is Clc1cccc(C2=CCCNCC2)c1Cl.Clc1cccc(C2=CCNCCC2)c1Cl. The van der Waals surface area contributed by atoms with E-state index in [1.54, 1.807) is 0 Å². The summed E-state index contributed by atoms with van der Waals surface area (Å²) in [4.78, 5) is 0. The predicted octanol–water partition coefficient (Wildman–Crippen LogP) is 7.52. The Kier molecular flexibility index (Phi) is 9.58. The molecule has 0 aromatic heterocycles. The van der Waals surface area contributed by atoms with Gasteiger partial charge in [-0.15, -0.1) is 0 Å². The van der Waals surface area contributed by atoms with Gasteiger partial charge >= 0.3 is 0 Å². The van der Waals surface area contributed by atoms with Crippen molar-refractivity contribution in [3.05, 3.63) is 79.8 Å². The first-order valence-corrected chi connectivity index (χ1v) is 11.8. The minimum atomic E-state index is 0.632. The fraction of sp³-hybridized carbons (Fsp3) is 0.333. The van der Waals surface area contributed by atoms with Crippen molar-refractivity contribution in [2.75, 3.05) is 26.2 Å². The molecule has 0 amide bonds. The van der Waals surface area contributed by atoms with Gasteiger partial charge in [-0.2, -0.15) is 0 Å². The van der Waals surface area contributed by atoms with Gasteiger partial charge in [-0.05, 0) is 79.7 Å². The van der Waals surface area contributed by atoms with E-state index in [-0.39, 0.29) is 0 Å². The van der Waals surface area contributed by atoms with Crippen LogP contribution in [0.2, 0.25) is 20.1 Å². The Morgan fingerprint density at radius 3 is 1.93 bits per heavy atom. The molecule has 0 spiro atoms. The molecule has 2 N–H and O–H groups in total. The minimum Gasteiger partial charge on any atom is -0.316 e. The summed E-state index contributed by atoms with van der Waals surface area (Å²) in [5.41, 5.74) is 4.75. The molecule has 160 valence electrons. The summed E-state index contributed by atoms with van der Waals surface area (Å²) in [7, 11) is 0. The Labute approximate surface area is 199 Å². The average Bonchev–Trinajstić information content (AvgIpc) is 3.18. The van der Waals surface area contributed by atoms with Crippen LogP contribution in [0.1, 0.15) is 36.8 Å². The summed E-state index contributed by atoms with van der Waals surface area (Å²) in [6, 6.07) is 11.6. The zero-order valence-electron chi connectivity index (χ0n) is 16.8. The Bertz CT molecular complexity index is 846. The molecule has 0 fully saturated rings. The normalized spacial score (nSPS) is 17.1. The van der Waals surface area contributed by atoms with Gasteiger partial charge in [0, 0.05) is 6.54 Å². The molecule has 6 heteroatoms. The van der Waals surface area contributed by atoms with Crippen LogP contribution in [0, 0.1) is 0 Å². The van der Waals surface area contributed by atoms with Crippen LogP contribution in [0.25, 0.3) is 11.1 Å². The fourth-order valence-electron chi connectivity index (χ4n) is 3.59. The Balaban J connectivity index is 0.000000171. The van der Waals surface area contributed by atoms with Gasteiger partial charge in [-0.25, -0.2) is 0 Å². The summed E-state index contributed by atoms with van der Waals surface area (Å²) < 4.78 is 0. The van der Waals surface area contributed by atoms with Crippen LogP contribution < -0.4 is 10.6 Å². The Hall–Kier alpha value is -1.00. The van der Waals surface area contributed by atoms with E-state index in [9.17, 15) is 0 Å². The zero-order valence-corrected chi connectivity index (χ0v) is 19.8. The van der Waals surface area contributed by atoms with Gasteiger partial charge in [0.2, 0.25) is 0 Å². The second kappa shape index (κ2) is 12.1. The molecule has 0 bridgehead atoms. The maximum Gasteiger partial charge on any atom is 0.0667 e. The average molecular weight is 484 g/mol. The second-order valence-corrected chi connectivity index (χ2v) is 8.83. The van der Waals surface area contributed by atoms with Crippen molar-refractivity contribution in [2.24, 2.45) is 0 Å². The molecule has 0 saturated carbocycles. The third-order valence-corrected chi connectivity index (χ3v) is 6.81. The molecular formula is C24H26Cl4N2. The van der Waals surface area contributed by atoms with E-state index in [0.717, 1.165) is 63.0 Å². The number of allylic oxidation sites excluding steroid dienone is 1. The van der Waals surface area contributed by atoms with Gasteiger partial charge in [0.05, 0.1) is 20.1 Å². The molecule has 30 heavy (non-hydrogen) atoms. The van der Waals surface area contributed by atoms with Gasteiger partial charge in [-0.1, -0.05) is 82.8 Å². The maximum absolute atomic E-state index is 6.19. The standard InChI is InChI=1S/2C12H13Cl2N/c2*13-11-5-1-4-10(12(11)14)9-3-2-7-15-8-6-9/h1,4-6,15H,2-3,7-8H2;1,3-5,15H,2,6-8H2. The van der Waals surface area contributed by atoms with Crippen molar-refractivity contribution >= 4 is 57.5 Å². The van der Waals surface area contributed by atoms with E-state index < -0.39 is 0 Å². The molecule has 0 aliphatic carbocycles. The fourth-order valence-corrected chi connectivity index (χ4v) is 4.44. The molecular weight excluding hydrogens is 458 g/mol. The number of hydrogen-bond donors (Lipinski definition) is 2. The summed E-state index contributed by atoms with van der Waals surface area (Å²) in [5, 5.41) is 9.29. The lowest BCUT2D eigenvalue weighted by Gasteiger charge is -2.08.